The molecule has 1 saturated heterocycles. The average Bonchev–Trinajstić information content (AvgIpc) is 2.46. The third kappa shape index (κ3) is 3.32. The van der Waals surface area contributed by atoms with Gasteiger partial charge in [0, 0.05) is 18.1 Å². The molecule has 2 nitrogen and oxygen atoms in total. The second kappa shape index (κ2) is 6.20. The van der Waals surface area contributed by atoms with E-state index in [1.165, 1.54) is 64.3 Å². The van der Waals surface area contributed by atoms with Gasteiger partial charge in [-0.1, -0.05) is 33.6 Å². The Hall–Kier alpha value is -0.0800. The van der Waals surface area contributed by atoms with E-state index >= 15 is 0 Å². The number of piperidine rings is 1. The highest BCUT2D eigenvalue weighted by Crippen LogP contribution is 2.43. The van der Waals surface area contributed by atoms with Gasteiger partial charge in [-0.3, -0.25) is 4.90 Å². The van der Waals surface area contributed by atoms with Crippen LogP contribution in [-0.4, -0.2) is 29.6 Å². The maximum atomic E-state index is 6.60. The van der Waals surface area contributed by atoms with Crippen LogP contribution in [0.1, 0.15) is 78.6 Å². The fourth-order valence-electron chi connectivity index (χ4n) is 5.41. The first-order valence-corrected chi connectivity index (χ1v) is 9.48. The Kier molecular flexibility index (Phi) is 4.66. The first kappa shape index (κ1) is 15.8. The summed E-state index contributed by atoms with van der Waals surface area (Å²) in [6.45, 7) is 8.58. The molecule has 0 amide bonds. The molecule has 0 spiro atoms. The van der Waals surface area contributed by atoms with Crippen LogP contribution in [0.2, 0.25) is 0 Å². The van der Waals surface area contributed by atoms with Gasteiger partial charge >= 0.3 is 0 Å². The van der Waals surface area contributed by atoms with E-state index in [0.29, 0.717) is 17.5 Å². The zero-order chi connectivity index (χ0) is 15.0. The van der Waals surface area contributed by atoms with Gasteiger partial charge in [0.1, 0.15) is 0 Å². The van der Waals surface area contributed by atoms with Crippen LogP contribution in [0, 0.1) is 17.3 Å². The molecule has 3 rings (SSSR count). The Morgan fingerprint density at radius 3 is 2.33 bits per heavy atom. The molecule has 3 aliphatic rings. The SMILES string of the molecule is CC(C)(C)C1CCC(N)C(N2CCC[C@H]3CCCC[C@H]32)C1. The van der Waals surface area contributed by atoms with Crippen molar-refractivity contribution in [3.8, 4) is 0 Å². The highest BCUT2D eigenvalue weighted by Gasteiger charge is 2.42. The molecular weight excluding hydrogens is 256 g/mol. The summed E-state index contributed by atoms with van der Waals surface area (Å²) >= 11 is 0. The summed E-state index contributed by atoms with van der Waals surface area (Å²) in [5, 5.41) is 0. The number of likely N-dealkylation sites (tertiary alicyclic amines) is 1. The van der Waals surface area contributed by atoms with E-state index in [9.17, 15) is 0 Å². The van der Waals surface area contributed by atoms with Crippen molar-refractivity contribution in [3.05, 3.63) is 0 Å². The number of rotatable bonds is 1. The van der Waals surface area contributed by atoms with Crippen LogP contribution in [0.15, 0.2) is 0 Å². The zero-order valence-electron chi connectivity index (χ0n) is 14.5. The summed E-state index contributed by atoms with van der Waals surface area (Å²) in [6.07, 6.45) is 12.6. The van der Waals surface area contributed by atoms with E-state index in [1.54, 1.807) is 0 Å². The van der Waals surface area contributed by atoms with Crippen molar-refractivity contribution < 1.29 is 0 Å². The largest absolute Gasteiger partial charge is 0.326 e. The van der Waals surface area contributed by atoms with Crippen molar-refractivity contribution in [3.63, 3.8) is 0 Å². The lowest BCUT2D eigenvalue weighted by atomic mass is 9.68. The summed E-state index contributed by atoms with van der Waals surface area (Å²) in [4.78, 5) is 2.88. The van der Waals surface area contributed by atoms with Crippen LogP contribution >= 0.6 is 0 Å². The van der Waals surface area contributed by atoms with Crippen LogP contribution < -0.4 is 5.73 Å². The second-order valence-corrected chi connectivity index (χ2v) is 9.10. The summed E-state index contributed by atoms with van der Waals surface area (Å²) in [5.74, 6) is 1.83. The fourth-order valence-corrected chi connectivity index (χ4v) is 5.41. The van der Waals surface area contributed by atoms with E-state index in [0.717, 1.165) is 17.9 Å². The van der Waals surface area contributed by atoms with Crippen LogP contribution in [0.4, 0.5) is 0 Å². The number of nitrogens with two attached hydrogens (primary N) is 1. The molecule has 2 heteroatoms. The Morgan fingerprint density at radius 2 is 1.57 bits per heavy atom. The molecule has 0 radical (unpaired) electrons. The lowest BCUT2D eigenvalue weighted by molar-refractivity contribution is -0.0146. The van der Waals surface area contributed by atoms with E-state index in [-0.39, 0.29) is 0 Å². The van der Waals surface area contributed by atoms with Crippen LogP contribution in [0.3, 0.4) is 0 Å². The Morgan fingerprint density at radius 1 is 0.857 bits per heavy atom. The normalized spacial score (nSPS) is 42.6. The molecule has 0 aromatic carbocycles. The maximum absolute atomic E-state index is 6.60. The van der Waals surface area contributed by atoms with Crippen LogP contribution in [0.5, 0.6) is 0 Å². The third-order valence-electron chi connectivity index (χ3n) is 6.81. The molecule has 122 valence electrons. The molecular formula is C19H36N2. The van der Waals surface area contributed by atoms with Gasteiger partial charge in [0.15, 0.2) is 0 Å². The van der Waals surface area contributed by atoms with Gasteiger partial charge in [-0.15, -0.1) is 0 Å². The molecule has 2 N–H and O–H groups in total. The monoisotopic (exact) mass is 292 g/mol. The second-order valence-electron chi connectivity index (χ2n) is 9.10. The van der Waals surface area contributed by atoms with Crippen molar-refractivity contribution in [2.75, 3.05) is 6.54 Å². The predicted octanol–water partition coefficient (Wildman–Crippen LogP) is 4.18. The highest BCUT2D eigenvalue weighted by atomic mass is 15.2. The lowest BCUT2D eigenvalue weighted by Crippen LogP contribution is -2.59. The van der Waals surface area contributed by atoms with Gasteiger partial charge in [-0.2, -0.15) is 0 Å². The first-order chi connectivity index (χ1) is 9.97. The molecule has 5 atom stereocenters. The van der Waals surface area contributed by atoms with E-state index < -0.39 is 0 Å². The molecule has 2 saturated carbocycles. The predicted molar refractivity (Wildman–Crippen MR) is 90.2 cm³/mol. The molecule has 1 heterocycles. The first-order valence-electron chi connectivity index (χ1n) is 9.48. The summed E-state index contributed by atoms with van der Waals surface area (Å²) in [7, 11) is 0. The Balaban J connectivity index is 1.73. The molecule has 0 bridgehead atoms. The third-order valence-corrected chi connectivity index (χ3v) is 6.81. The standard InChI is InChI=1S/C19H36N2/c1-19(2,3)15-10-11-16(20)18(13-15)21-12-6-8-14-7-4-5-9-17(14)21/h14-18H,4-13,20H2,1-3H3/t14-,15?,16?,17-,18?/m1/s1. The molecule has 0 aromatic rings. The van der Waals surface area contributed by atoms with Gasteiger partial charge in [0.25, 0.3) is 0 Å². The summed E-state index contributed by atoms with van der Waals surface area (Å²) < 4.78 is 0. The van der Waals surface area contributed by atoms with Crippen molar-refractivity contribution >= 4 is 0 Å². The summed E-state index contributed by atoms with van der Waals surface area (Å²) in [6, 6.07) is 1.94. The molecule has 1 aliphatic heterocycles. The molecule has 0 aromatic heterocycles. The topological polar surface area (TPSA) is 29.3 Å². The number of fused-ring (bicyclic) bond motifs is 1. The Labute approximate surface area is 131 Å². The van der Waals surface area contributed by atoms with E-state index in [1.807, 2.05) is 0 Å². The molecule has 2 aliphatic carbocycles. The molecule has 21 heavy (non-hydrogen) atoms. The smallest absolute Gasteiger partial charge is 0.0253 e. The van der Waals surface area contributed by atoms with Crippen LogP contribution in [-0.2, 0) is 0 Å². The van der Waals surface area contributed by atoms with E-state index in [4.69, 9.17) is 5.73 Å². The van der Waals surface area contributed by atoms with Crippen molar-refractivity contribution in [1.29, 1.82) is 0 Å². The fraction of sp³-hybridized carbons (Fsp3) is 1.00. The Bertz CT molecular complexity index is 344. The number of nitrogens with zero attached hydrogens (tertiary/aromatic N) is 1. The van der Waals surface area contributed by atoms with Gasteiger partial charge in [0.2, 0.25) is 0 Å². The quantitative estimate of drug-likeness (QED) is 0.785. The number of hydrogen-bond donors (Lipinski definition) is 1. The van der Waals surface area contributed by atoms with Gasteiger partial charge < -0.3 is 5.73 Å². The van der Waals surface area contributed by atoms with Crippen molar-refractivity contribution in [1.82, 2.24) is 4.90 Å². The summed E-state index contributed by atoms with van der Waals surface area (Å²) in [5.41, 5.74) is 7.04. The van der Waals surface area contributed by atoms with Crippen LogP contribution in [0.25, 0.3) is 0 Å². The maximum Gasteiger partial charge on any atom is 0.0253 e. The lowest BCUT2D eigenvalue weighted by Gasteiger charge is -2.52. The van der Waals surface area contributed by atoms with Crippen molar-refractivity contribution in [2.45, 2.75) is 96.7 Å². The van der Waals surface area contributed by atoms with Crippen molar-refractivity contribution in [2.24, 2.45) is 23.0 Å². The van der Waals surface area contributed by atoms with E-state index in [2.05, 4.69) is 25.7 Å². The number of hydrogen-bond acceptors (Lipinski definition) is 2. The van der Waals surface area contributed by atoms with Gasteiger partial charge in [-0.05, 0) is 68.7 Å². The average molecular weight is 293 g/mol. The molecule has 3 unspecified atom stereocenters. The minimum absolute atomic E-state index is 0.421. The highest BCUT2D eigenvalue weighted by molar-refractivity contribution is 4.98. The molecule has 3 fully saturated rings. The van der Waals surface area contributed by atoms with Gasteiger partial charge in [0.05, 0.1) is 0 Å². The van der Waals surface area contributed by atoms with Gasteiger partial charge in [-0.25, -0.2) is 0 Å². The minimum Gasteiger partial charge on any atom is -0.326 e. The minimum atomic E-state index is 0.421. The zero-order valence-corrected chi connectivity index (χ0v) is 14.5.